The molecule has 34 heavy (non-hydrogen) atoms. The molecule has 0 amide bonds. The molecule has 0 saturated heterocycles. The molecule has 0 spiro atoms. The number of rotatable bonds is 1. The zero-order chi connectivity index (χ0) is 25.1. The molecular weight excluding hydrogens is 424 g/mol. The van der Waals surface area contributed by atoms with E-state index in [0.29, 0.717) is 24.2 Å². The maximum atomic E-state index is 13.0. The Hall–Kier alpha value is -1.45. The van der Waals surface area contributed by atoms with Crippen molar-refractivity contribution in [1.82, 2.24) is 0 Å². The molecule has 0 aromatic heterocycles. The molecule has 5 aliphatic rings. The number of carboxylic acids is 1. The lowest BCUT2D eigenvalue weighted by atomic mass is 9.33. The molecule has 188 valence electrons. The maximum Gasteiger partial charge on any atom is 0.310 e. The molecule has 1 N–H and O–H groups in total. The molecule has 0 bridgehead atoms. The maximum absolute atomic E-state index is 13.0. The van der Waals surface area contributed by atoms with Gasteiger partial charge in [-0.25, -0.2) is 0 Å². The Morgan fingerprint density at radius 3 is 2.26 bits per heavy atom. The number of fused-ring (bicyclic) bond motifs is 7. The van der Waals surface area contributed by atoms with E-state index in [1.54, 1.807) is 0 Å². The molecule has 0 aliphatic heterocycles. The first kappa shape index (κ1) is 24.3. The SMILES string of the molecule is C[C@@H]1CCC2(C(=O)O)CC[C@]3(C)C(=CC[C@@H]4[C@@]5(C)CC(=O)C(=O)C(C)(C)[C@@H]5CC[C@]43C)C2[C@H]1C. The molecule has 5 rings (SSSR count). The Bertz CT molecular complexity index is 992. The van der Waals surface area contributed by atoms with Crippen LogP contribution in [0.5, 0.6) is 0 Å². The van der Waals surface area contributed by atoms with E-state index < -0.39 is 16.8 Å². The predicted molar refractivity (Wildman–Crippen MR) is 132 cm³/mol. The lowest BCUT2D eigenvalue weighted by Gasteiger charge is -2.70. The fourth-order valence-electron chi connectivity index (χ4n) is 10.6. The van der Waals surface area contributed by atoms with Crippen molar-refractivity contribution in [3.05, 3.63) is 11.6 Å². The summed E-state index contributed by atoms with van der Waals surface area (Å²) < 4.78 is 0. The van der Waals surface area contributed by atoms with Gasteiger partial charge in [0.2, 0.25) is 5.78 Å². The highest BCUT2D eigenvalue weighted by molar-refractivity contribution is 6.39. The van der Waals surface area contributed by atoms with Crippen LogP contribution in [0.1, 0.15) is 99.8 Å². The Labute approximate surface area is 205 Å². The minimum atomic E-state index is -0.628. The van der Waals surface area contributed by atoms with Gasteiger partial charge in [0, 0.05) is 11.8 Å². The Morgan fingerprint density at radius 1 is 0.941 bits per heavy atom. The van der Waals surface area contributed by atoms with E-state index in [1.807, 2.05) is 13.8 Å². The first-order valence-corrected chi connectivity index (χ1v) is 13.7. The van der Waals surface area contributed by atoms with Crippen LogP contribution in [0.15, 0.2) is 11.6 Å². The molecule has 4 fully saturated rings. The highest BCUT2D eigenvalue weighted by Gasteiger charge is 2.70. The van der Waals surface area contributed by atoms with Gasteiger partial charge in [-0.2, -0.15) is 0 Å². The monoisotopic (exact) mass is 468 g/mol. The van der Waals surface area contributed by atoms with Crippen LogP contribution < -0.4 is 0 Å². The van der Waals surface area contributed by atoms with Crippen LogP contribution >= 0.6 is 0 Å². The van der Waals surface area contributed by atoms with Crippen molar-refractivity contribution in [3.63, 3.8) is 0 Å². The number of aliphatic carboxylic acids is 1. The summed E-state index contributed by atoms with van der Waals surface area (Å²) in [7, 11) is 0. The summed E-state index contributed by atoms with van der Waals surface area (Å²) in [6, 6.07) is 0. The highest BCUT2D eigenvalue weighted by atomic mass is 16.4. The standard InChI is InChI=1S/C30H44O4/c1-17-10-13-30(25(33)34)15-14-28(6)19(23(30)18(17)2)8-9-22-27(5)16-20(31)24(32)26(3,4)21(27)11-12-29(22,28)7/h8,17-18,21-23H,9-16H2,1-7H3,(H,33,34)/t17-,18+,21+,22-,23?,27+,28-,29-,30?/m1/s1. The third-order valence-corrected chi connectivity index (χ3v) is 12.9. The zero-order valence-corrected chi connectivity index (χ0v) is 22.3. The zero-order valence-electron chi connectivity index (χ0n) is 22.3. The number of carbonyl (C=O) groups excluding carboxylic acids is 2. The molecule has 0 radical (unpaired) electrons. The second-order valence-electron chi connectivity index (χ2n) is 14.3. The lowest BCUT2D eigenvalue weighted by molar-refractivity contribution is -0.192. The average molecular weight is 469 g/mol. The number of ketones is 2. The molecule has 0 aromatic carbocycles. The van der Waals surface area contributed by atoms with Crippen molar-refractivity contribution in [2.45, 2.75) is 99.8 Å². The van der Waals surface area contributed by atoms with E-state index in [1.165, 1.54) is 5.57 Å². The smallest absolute Gasteiger partial charge is 0.310 e. The van der Waals surface area contributed by atoms with E-state index in [-0.39, 0.29) is 39.6 Å². The molecule has 9 atom stereocenters. The van der Waals surface area contributed by atoms with Crippen molar-refractivity contribution in [2.75, 3.05) is 0 Å². The Kier molecular flexibility index (Phi) is 5.04. The fraction of sp³-hybridized carbons (Fsp3) is 0.833. The third kappa shape index (κ3) is 2.64. The van der Waals surface area contributed by atoms with E-state index >= 15 is 0 Å². The van der Waals surface area contributed by atoms with E-state index in [4.69, 9.17) is 0 Å². The molecule has 4 heteroatoms. The summed E-state index contributed by atoms with van der Waals surface area (Å²) >= 11 is 0. The number of carboxylic acid groups (broad SMARTS) is 1. The quantitative estimate of drug-likeness (QED) is 0.353. The van der Waals surface area contributed by atoms with Crippen LogP contribution in [0.25, 0.3) is 0 Å². The largest absolute Gasteiger partial charge is 0.481 e. The summed E-state index contributed by atoms with van der Waals surface area (Å²) in [5, 5.41) is 10.5. The van der Waals surface area contributed by atoms with Gasteiger partial charge in [0.05, 0.1) is 5.41 Å². The predicted octanol–water partition coefficient (Wildman–Crippen LogP) is 6.48. The van der Waals surface area contributed by atoms with Crippen molar-refractivity contribution < 1.29 is 19.5 Å². The van der Waals surface area contributed by atoms with Crippen LogP contribution in [-0.4, -0.2) is 22.6 Å². The van der Waals surface area contributed by atoms with Gasteiger partial charge >= 0.3 is 5.97 Å². The van der Waals surface area contributed by atoms with Gasteiger partial charge in [-0.05, 0) is 90.8 Å². The van der Waals surface area contributed by atoms with E-state index in [9.17, 15) is 19.5 Å². The van der Waals surface area contributed by atoms with Gasteiger partial charge in [0.1, 0.15) is 0 Å². The lowest BCUT2D eigenvalue weighted by Crippen LogP contribution is -2.66. The van der Waals surface area contributed by atoms with Gasteiger partial charge in [-0.3, -0.25) is 14.4 Å². The van der Waals surface area contributed by atoms with Crippen LogP contribution in [0.4, 0.5) is 0 Å². The summed E-state index contributed by atoms with van der Waals surface area (Å²) in [6.07, 6.45) is 9.18. The summed E-state index contributed by atoms with van der Waals surface area (Å²) in [6.45, 7) is 15.8. The van der Waals surface area contributed by atoms with Crippen LogP contribution in [0.2, 0.25) is 0 Å². The first-order valence-electron chi connectivity index (χ1n) is 13.7. The second-order valence-corrected chi connectivity index (χ2v) is 14.3. The van der Waals surface area contributed by atoms with Gasteiger partial charge in [-0.1, -0.05) is 60.1 Å². The number of hydrogen-bond acceptors (Lipinski definition) is 3. The molecule has 4 saturated carbocycles. The fourth-order valence-corrected chi connectivity index (χ4v) is 10.6. The van der Waals surface area contributed by atoms with E-state index in [2.05, 4.69) is 40.7 Å². The topological polar surface area (TPSA) is 71.4 Å². The van der Waals surface area contributed by atoms with Gasteiger partial charge in [0.25, 0.3) is 0 Å². The van der Waals surface area contributed by atoms with Crippen molar-refractivity contribution >= 4 is 17.5 Å². The summed E-state index contributed by atoms with van der Waals surface area (Å²) in [4.78, 5) is 38.6. The second kappa shape index (κ2) is 7.07. The number of Topliss-reactive ketones (excluding diaryl/α,β-unsaturated/α-hetero) is 2. The summed E-state index contributed by atoms with van der Waals surface area (Å²) in [5.41, 5.74) is -0.0685. The molecule has 5 aliphatic carbocycles. The highest BCUT2D eigenvalue weighted by Crippen LogP contribution is 2.75. The van der Waals surface area contributed by atoms with Crippen LogP contribution in [-0.2, 0) is 14.4 Å². The van der Waals surface area contributed by atoms with E-state index in [0.717, 1.165) is 44.9 Å². The molecular formula is C30H44O4. The molecule has 0 aromatic rings. The van der Waals surface area contributed by atoms with Crippen molar-refractivity contribution in [3.8, 4) is 0 Å². The van der Waals surface area contributed by atoms with Gasteiger partial charge in [-0.15, -0.1) is 0 Å². The molecule has 4 nitrogen and oxygen atoms in total. The normalized spacial score (nSPS) is 52.0. The Morgan fingerprint density at radius 2 is 1.62 bits per heavy atom. The van der Waals surface area contributed by atoms with Crippen molar-refractivity contribution in [2.24, 2.45) is 56.7 Å². The average Bonchev–Trinajstić information content (AvgIpc) is 2.75. The Balaban J connectivity index is 1.64. The molecule has 2 unspecified atom stereocenters. The summed E-state index contributed by atoms with van der Waals surface area (Å²) in [5.74, 6) is 0.580. The number of hydrogen-bond donors (Lipinski definition) is 1. The van der Waals surface area contributed by atoms with Crippen LogP contribution in [0, 0.1) is 56.7 Å². The minimum absolute atomic E-state index is 0.00412. The number of allylic oxidation sites excluding steroid dienone is 2. The van der Waals surface area contributed by atoms with Gasteiger partial charge < -0.3 is 5.11 Å². The van der Waals surface area contributed by atoms with Crippen molar-refractivity contribution in [1.29, 1.82) is 0 Å². The van der Waals surface area contributed by atoms with Crippen LogP contribution in [0.3, 0.4) is 0 Å². The number of carbonyl (C=O) groups is 3. The minimum Gasteiger partial charge on any atom is -0.481 e. The first-order chi connectivity index (χ1) is 15.7. The van der Waals surface area contributed by atoms with Gasteiger partial charge in [0.15, 0.2) is 5.78 Å². The molecule has 0 heterocycles. The third-order valence-electron chi connectivity index (χ3n) is 12.9.